The molecule has 0 unspecified atom stereocenters. The number of carboxylic acid groups (broad SMARTS) is 1. The fourth-order valence-electron chi connectivity index (χ4n) is 2.19. The Hall–Kier alpha value is -3.46. The Morgan fingerprint density at radius 2 is 1.55 bits per heavy atom. The number of hydrogen-bond donors (Lipinski definition) is 3. The molecule has 0 saturated heterocycles. The molecule has 2 rings (SSSR count). The Kier molecular flexibility index (Phi) is 8.11. The third kappa shape index (κ3) is 7.59. The van der Waals surface area contributed by atoms with Crippen molar-refractivity contribution in [3.63, 3.8) is 0 Å². The summed E-state index contributed by atoms with van der Waals surface area (Å²) in [6.45, 7) is 0. The minimum absolute atomic E-state index is 0.187. The van der Waals surface area contributed by atoms with Crippen molar-refractivity contribution in [2.24, 2.45) is 0 Å². The molecule has 0 aromatic heterocycles. The van der Waals surface area contributed by atoms with Crippen LogP contribution < -0.4 is 20.1 Å². The molecular formula is C20H20N2O6S. The lowest BCUT2D eigenvalue weighted by Gasteiger charge is -2.10. The number of ether oxygens (including phenoxy) is 2. The van der Waals surface area contributed by atoms with Crippen molar-refractivity contribution >= 4 is 40.9 Å². The number of aliphatic carboxylic acids is 1. The lowest BCUT2D eigenvalue weighted by molar-refractivity contribution is -0.131. The molecule has 0 bridgehead atoms. The quantitative estimate of drug-likeness (QED) is 0.425. The summed E-state index contributed by atoms with van der Waals surface area (Å²) in [6.07, 6.45) is 1.69. The predicted octanol–water partition coefficient (Wildman–Crippen LogP) is 3.01. The van der Waals surface area contributed by atoms with Crippen LogP contribution >= 0.6 is 11.8 Å². The second kappa shape index (κ2) is 10.8. The molecule has 9 heteroatoms. The zero-order chi connectivity index (χ0) is 21.2. The van der Waals surface area contributed by atoms with Gasteiger partial charge in [0.05, 0.1) is 20.0 Å². The van der Waals surface area contributed by atoms with Gasteiger partial charge < -0.3 is 25.2 Å². The van der Waals surface area contributed by atoms with E-state index in [0.717, 1.165) is 17.0 Å². The maximum absolute atomic E-state index is 12.2. The summed E-state index contributed by atoms with van der Waals surface area (Å²) in [5, 5.41) is 13.8. The van der Waals surface area contributed by atoms with Crippen LogP contribution in [0.3, 0.4) is 0 Å². The van der Waals surface area contributed by atoms with Gasteiger partial charge in [0.15, 0.2) is 0 Å². The van der Waals surface area contributed by atoms with Gasteiger partial charge in [0.25, 0.3) is 0 Å². The molecule has 8 nitrogen and oxygen atoms in total. The van der Waals surface area contributed by atoms with E-state index in [1.165, 1.54) is 26.0 Å². The molecule has 152 valence electrons. The predicted molar refractivity (Wildman–Crippen MR) is 111 cm³/mol. The average Bonchev–Trinajstić information content (AvgIpc) is 2.71. The first-order chi connectivity index (χ1) is 13.9. The molecule has 0 fully saturated rings. The van der Waals surface area contributed by atoms with E-state index in [4.69, 9.17) is 14.6 Å². The molecule has 0 atom stereocenters. The van der Waals surface area contributed by atoms with Crippen LogP contribution in [0.4, 0.5) is 11.4 Å². The number of anilines is 2. The van der Waals surface area contributed by atoms with Gasteiger partial charge in [-0.25, -0.2) is 4.79 Å². The first-order valence-corrected chi connectivity index (χ1v) is 9.36. The third-order valence-electron chi connectivity index (χ3n) is 3.50. The fraction of sp³-hybridized carbons (Fsp3) is 0.150. The molecule has 0 spiro atoms. The van der Waals surface area contributed by atoms with Crippen LogP contribution in [0, 0.1) is 0 Å². The third-order valence-corrected chi connectivity index (χ3v) is 4.52. The lowest BCUT2D eigenvalue weighted by atomic mass is 10.2. The Labute approximate surface area is 171 Å². The standard InChI is InChI=1S/C20H20N2O6S/c1-27-15-9-14(10-16(11-15)28-2)22-19(24)12-29-17-5-3-13(4-6-17)21-18(23)7-8-20(25)26/h3-11H,12H2,1-2H3,(H,21,23)(H,22,24)(H,25,26)/b8-7+. The van der Waals surface area contributed by atoms with Crippen LogP contribution in [0.25, 0.3) is 0 Å². The van der Waals surface area contributed by atoms with Crippen molar-refractivity contribution in [2.45, 2.75) is 4.90 Å². The van der Waals surface area contributed by atoms with Gasteiger partial charge in [-0.3, -0.25) is 9.59 Å². The highest BCUT2D eigenvalue weighted by molar-refractivity contribution is 8.00. The topological polar surface area (TPSA) is 114 Å². The smallest absolute Gasteiger partial charge is 0.328 e. The maximum atomic E-state index is 12.2. The molecule has 0 aliphatic heterocycles. The summed E-state index contributed by atoms with van der Waals surface area (Å²) < 4.78 is 10.3. The van der Waals surface area contributed by atoms with Crippen LogP contribution in [0.5, 0.6) is 11.5 Å². The Morgan fingerprint density at radius 3 is 2.10 bits per heavy atom. The first-order valence-electron chi connectivity index (χ1n) is 8.37. The molecule has 0 radical (unpaired) electrons. The minimum Gasteiger partial charge on any atom is -0.497 e. The van der Waals surface area contributed by atoms with Gasteiger partial charge in [0.2, 0.25) is 11.8 Å². The lowest BCUT2D eigenvalue weighted by Crippen LogP contribution is -2.14. The number of carboxylic acids is 1. The van der Waals surface area contributed by atoms with Crippen LogP contribution in [0.15, 0.2) is 59.5 Å². The highest BCUT2D eigenvalue weighted by Gasteiger charge is 2.07. The van der Waals surface area contributed by atoms with Crippen molar-refractivity contribution in [1.29, 1.82) is 0 Å². The molecular weight excluding hydrogens is 396 g/mol. The molecule has 2 amide bonds. The van der Waals surface area contributed by atoms with E-state index in [1.54, 1.807) is 42.5 Å². The van der Waals surface area contributed by atoms with Crippen molar-refractivity contribution in [1.82, 2.24) is 0 Å². The van der Waals surface area contributed by atoms with Gasteiger partial charge in [-0.05, 0) is 24.3 Å². The number of carbonyl (C=O) groups is 3. The molecule has 29 heavy (non-hydrogen) atoms. The fourth-order valence-corrected chi connectivity index (χ4v) is 2.89. The summed E-state index contributed by atoms with van der Waals surface area (Å²) in [5.74, 6) is -0.599. The molecule has 2 aromatic rings. The largest absolute Gasteiger partial charge is 0.497 e. The van der Waals surface area contributed by atoms with Gasteiger partial charge in [0.1, 0.15) is 11.5 Å². The van der Waals surface area contributed by atoms with Crippen molar-refractivity contribution in [3.05, 3.63) is 54.6 Å². The first kappa shape index (κ1) is 21.8. The number of methoxy groups -OCH3 is 2. The molecule has 0 heterocycles. The SMILES string of the molecule is COc1cc(NC(=O)CSc2ccc(NC(=O)/C=C/C(=O)O)cc2)cc(OC)c1. The normalized spacial score (nSPS) is 10.4. The van der Waals surface area contributed by atoms with E-state index in [9.17, 15) is 14.4 Å². The number of rotatable bonds is 9. The zero-order valence-corrected chi connectivity index (χ0v) is 16.6. The Bertz CT molecular complexity index is 889. The van der Waals surface area contributed by atoms with Crippen molar-refractivity contribution in [2.75, 3.05) is 30.6 Å². The van der Waals surface area contributed by atoms with E-state index >= 15 is 0 Å². The number of thioether (sulfide) groups is 1. The summed E-state index contributed by atoms with van der Waals surface area (Å²) >= 11 is 1.33. The van der Waals surface area contributed by atoms with E-state index < -0.39 is 11.9 Å². The molecule has 0 saturated carbocycles. The summed E-state index contributed by atoms with van der Waals surface area (Å²) in [5.41, 5.74) is 1.08. The van der Waals surface area contributed by atoms with Gasteiger partial charge in [-0.15, -0.1) is 11.8 Å². The Morgan fingerprint density at radius 1 is 0.931 bits per heavy atom. The number of amides is 2. The Balaban J connectivity index is 1.87. The highest BCUT2D eigenvalue weighted by Crippen LogP contribution is 2.26. The zero-order valence-electron chi connectivity index (χ0n) is 15.8. The summed E-state index contributed by atoms with van der Waals surface area (Å²) in [4.78, 5) is 35.0. The van der Waals surface area contributed by atoms with Crippen LogP contribution in [-0.2, 0) is 14.4 Å². The van der Waals surface area contributed by atoms with E-state index in [2.05, 4.69) is 10.6 Å². The summed E-state index contributed by atoms with van der Waals surface area (Å²) in [6, 6.07) is 11.9. The van der Waals surface area contributed by atoms with Gasteiger partial charge in [-0.1, -0.05) is 0 Å². The monoisotopic (exact) mass is 416 g/mol. The average molecular weight is 416 g/mol. The van der Waals surface area contributed by atoms with Gasteiger partial charge in [0, 0.05) is 46.6 Å². The maximum Gasteiger partial charge on any atom is 0.328 e. The van der Waals surface area contributed by atoms with Crippen LogP contribution in [0.2, 0.25) is 0 Å². The van der Waals surface area contributed by atoms with E-state index in [-0.39, 0.29) is 11.7 Å². The molecule has 2 aromatic carbocycles. The molecule has 3 N–H and O–H groups in total. The number of hydrogen-bond acceptors (Lipinski definition) is 6. The van der Waals surface area contributed by atoms with Crippen molar-refractivity contribution in [3.8, 4) is 11.5 Å². The summed E-state index contributed by atoms with van der Waals surface area (Å²) in [7, 11) is 3.06. The highest BCUT2D eigenvalue weighted by atomic mass is 32.2. The van der Waals surface area contributed by atoms with Crippen LogP contribution in [-0.4, -0.2) is 42.9 Å². The van der Waals surface area contributed by atoms with Gasteiger partial charge in [-0.2, -0.15) is 0 Å². The van der Waals surface area contributed by atoms with E-state index in [1.807, 2.05) is 0 Å². The van der Waals surface area contributed by atoms with Crippen LogP contribution in [0.1, 0.15) is 0 Å². The van der Waals surface area contributed by atoms with Gasteiger partial charge >= 0.3 is 5.97 Å². The number of benzene rings is 2. The molecule has 0 aliphatic carbocycles. The second-order valence-corrected chi connectivity index (χ2v) is 6.67. The number of carbonyl (C=O) groups excluding carboxylic acids is 2. The number of nitrogens with one attached hydrogen (secondary N) is 2. The minimum atomic E-state index is -1.20. The second-order valence-electron chi connectivity index (χ2n) is 5.62. The van der Waals surface area contributed by atoms with E-state index in [0.29, 0.717) is 22.9 Å². The molecule has 0 aliphatic rings. The van der Waals surface area contributed by atoms with Crippen molar-refractivity contribution < 1.29 is 29.0 Å².